The molecule has 0 fully saturated rings. The topological polar surface area (TPSA) is 68.6 Å². The van der Waals surface area contributed by atoms with Gasteiger partial charge in [0.15, 0.2) is 0 Å². The monoisotopic (exact) mass is 791 g/mol. The molecule has 308 valence electrons. The molecule has 5 nitrogen and oxygen atoms in total. The Hall–Kier alpha value is -4.81. The van der Waals surface area contributed by atoms with Crippen molar-refractivity contribution in [2.24, 2.45) is 0 Å². The van der Waals surface area contributed by atoms with E-state index in [9.17, 15) is 4.79 Å². The minimum Gasteiger partial charge on any atom is -0.494 e. The number of carbonyl (C=O) groups is 1. The van der Waals surface area contributed by atoms with Crippen molar-refractivity contribution in [3.8, 4) is 22.6 Å². The maximum atomic E-state index is 11.0. The van der Waals surface area contributed by atoms with E-state index in [1.54, 1.807) is 0 Å². The van der Waals surface area contributed by atoms with E-state index in [1.807, 2.05) is 81.9 Å². The van der Waals surface area contributed by atoms with Gasteiger partial charge in [-0.15, -0.1) is 0 Å². The van der Waals surface area contributed by atoms with Crippen molar-refractivity contribution in [3.05, 3.63) is 144 Å². The van der Waals surface area contributed by atoms with Gasteiger partial charge >= 0.3 is 5.97 Å². The van der Waals surface area contributed by atoms with E-state index in [0.717, 1.165) is 67.4 Å². The molecule has 1 N–H and O–H groups in total. The number of carbonyl (C=O) groups excluding carboxylic acids is 1. The van der Waals surface area contributed by atoms with Crippen LogP contribution in [0.2, 0.25) is 0 Å². The molecule has 0 aliphatic heterocycles. The second-order valence-corrected chi connectivity index (χ2v) is 14.0. The van der Waals surface area contributed by atoms with Gasteiger partial charge in [0.1, 0.15) is 17.3 Å². The van der Waals surface area contributed by atoms with Gasteiger partial charge in [-0.1, -0.05) is 148 Å². The first-order chi connectivity index (χ1) is 27.8. The van der Waals surface area contributed by atoms with E-state index in [-0.39, 0.29) is 5.97 Å². The largest absolute Gasteiger partial charge is 0.494 e. The number of nitrogens with one attached hydrogen (secondary N) is 1. The Balaban J connectivity index is 0.000000712. The Bertz CT molecular complexity index is 1740. The Morgan fingerprint density at radius 2 is 1.37 bits per heavy atom. The maximum Gasteiger partial charge on any atom is 0.330 e. The third-order valence-electron chi connectivity index (χ3n) is 8.39. The number of ether oxygens (including phenoxy) is 3. The standard InChI is InChI=1S/C33H37NO4.C14H20S.2C2H6/c1-4-10-26-11-13-28(14-12-26)29-17-20-32(30(23-29)24-34)38-25(3)27-15-18-31(19-16-27)36-21-8-6-7-9-22-37-33(35)5-2;1-4-8-12(3)15-14-11-7-6-10-13(14)9-5-2;2*1-2/h5,11-20,23-24,34H,2-4,6-10,21-22H2,1H3;6-7,10-11H,3-5,8-9H2,1-2H3;2*1-2H3. The van der Waals surface area contributed by atoms with E-state index < -0.39 is 0 Å². The van der Waals surface area contributed by atoms with Gasteiger partial charge in [0.2, 0.25) is 0 Å². The van der Waals surface area contributed by atoms with Gasteiger partial charge in [0, 0.05) is 28.3 Å². The van der Waals surface area contributed by atoms with Crippen molar-refractivity contribution >= 4 is 29.7 Å². The molecule has 0 spiro atoms. The summed E-state index contributed by atoms with van der Waals surface area (Å²) in [5, 5.41) is 7.89. The number of rotatable bonds is 22. The van der Waals surface area contributed by atoms with Crippen LogP contribution in [0.1, 0.15) is 122 Å². The van der Waals surface area contributed by atoms with Gasteiger partial charge in [0.25, 0.3) is 0 Å². The molecular weight excluding hydrogens is 723 g/mol. The van der Waals surface area contributed by atoms with E-state index in [2.05, 4.69) is 89.0 Å². The lowest BCUT2D eigenvalue weighted by molar-refractivity contribution is -0.137. The maximum absolute atomic E-state index is 11.0. The van der Waals surface area contributed by atoms with Crippen LogP contribution in [-0.2, 0) is 22.4 Å². The fourth-order valence-electron chi connectivity index (χ4n) is 5.56. The van der Waals surface area contributed by atoms with Gasteiger partial charge in [-0.05, 0) is 115 Å². The lowest BCUT2D eigenvalue weighted by atomic mass is 10.0. The van der Waals surface area contributed by atoms with E-state index in [1.165, 1.54) is 52.5 Å². The summed E-state index contributed by atoms with van der Waals surface area (Å²) in [7, 11) is 0. The second kappa shape index (κ2) is 31.3. The number of esters is 1. The molecule has 0 atom stereocenters. The molecule has 4 rings (SSSR count). The SMILES string of the molecule is C=C(CCC)Sc1ccccc1CCC.C=CC(=O)OCCCCCCOc1ccc(C(=C)Oc2ccc(-c3ccc(CCC)cc3)cc2C=N)cc1.CC.CC. The number of benzene rings is 4. The summed E-state index contributed by atoms with van der Waals surface area (Å²) in [5.74, 6) is 1.52. The minimum atomic E-state index is -0.373. The first-order valence-electron chi connectivity index (χ1n) is 20.9. The molecule has 0 bridgehead atoms. The molecule has 0 heterocycles. The molecule has 4 aromatic carbocycles. The summed E-state index contributed by atoms with van der Waals surface area (Å²) in [5.41, 5.74) is 6.49. The predicted molar refractivity (Wildman–Crippen MR) is 248 cm³/mol. The molecule has 0 saturated carbocycles. The minimum absolute atomic E-state index is 0.373. The molecule has 0 saturated heterocycles. The second-order valence-electron chi connectivity index (χ2n) is 12.8. The van der Waals surface area contributed by atoms with Crippen molar-refractivity contribution in [1.82, 2.24) is 0 Å². The number of allylic oxidation sites excluding steroid dienone is 1. The molecule has 0 unspecified atom stereocenters. The Labute approximate surface area is 350 Å². The van der Waals surface area contributed by atoms with Crippen molar-refractivity contribution in [2.45, 2.75) is 118 Å². The van der Waals surface area contributed by atoms with E-state index >= 15 is 0 Å². The molecule has 6 heteroatoms. The molecule has 4 aromatic rings. The summed E-state index contributed by atoms with van der Waals surface area (Å²) in [4.78, 5) is 13.7. The summed E-state index contributed by atoms with van der Waals surface area (Å²) in [6.07, 6.45) is 13.1. The molecule has 0 aliphatic rings. The summed E-state index contributed by atoms with van der Waals surface area (Å²) < 4.78 is 16.8. The zero-order valence-corrected chi connectivity index (χ0v) is 36.8. The van der Waals surface area contributed by atoms with Crippen molar-refractivity contribution < 1.29 is 19.0 Å². The normalized spacial score (nSPS) is 9.88. The highest BCUT2D eigenvalue weighted by atomic mass is 32.2. The van der Waals surface area contributed by atoms with Gasteiger partial charge in [-0.3, -0.25) is 0 Å². The first kappa shape index (κ1) is 50.2. The quantitative estimate of drug-likeness (QED) is 0.0214. The van der Waals surface area contributed by atoms with Crippen LogP contribution >= 0.6 is 11.8 Å². The molecule has 0 radical (unpaired) electrons. The average Bonchev–Trinajstić information content (AvgIpc) is 3.25. The van der Waals surface area contributed by atoms with Crippen molar-refractivity contribution in [1.29, 1.82) is 5.41 Å². The third-order valence-corrected chi connectivity index (χ3v) is 9.51. The van der Waals surface area contributed by atoms with Crippen LogP contribution in [0.15, 0.2) is 127 Å². The van der Waals surface area contributed by atoms with E-state index in [4.69, 9.17) is 19.6 Å². The van der Waals surface area contributed by atoms with Gasteiger partial charge in [0.05, 0.1) is 13.2 Å². The van der Waals surface area contributed by atoms with Crippen LogP contribution in [0.5, 0.6) is 11.5 Å². The average molecular weight is 792 g/mol. The number of thioether (sulfide) groups is 1. The molecular formula is C51H69NO4S. The zero-order chi connectivity index (χ0) is 42.3. The number of aryl methyl sites for hydroxylation is 2. The molecule has 0 aliphatic carbocycles. The van der Waals surface area contributed by atoms with Crippen LogP contribution in [0, 0.1) is 5.41 Å². The first-order valence-corrected chi connectivity index (χ1v) is 21.7. The van der Waals surface area contributed by atoms with E-state index in [0.29, 0.717) is 30.3 Å². The lowest BCUT2D eigenvalue weighted by Crippen LogP contribution is -2.02. The lowest BCUT2D eigenvalue weighted by Gasteiger charge is -2.13. The van der Waals surface area contributed by atoms with Crippen LogP contribution in [0.3, 0.4) is 0 Å². The highest BCUT2D eigenvalue weighted by molar-refractivity contribution is 8.03. The highest BCUT2D eigenvalue weighted by Crippen LogP contribution is 2.32. The van der Waals surface area contributed by atoms with Gasteiger partial charge in [-0.25, -0.2) is 4.79 Å². The number of hydrogen-bond donors (Lipinski definition) is 1. The number of hydrogen-bond acceptors (Lipinski definition) is 6. The Morgan fingerprint density at radius 3 is 1.98 bits per heavy atom. The Morgan fingerprint density at radius 1 is 0.737 bits per heavy atom. The summed E-state index contributed by atoms with van der Waals surface area (Å²) in [6, 6.07) is 30.8. The van der Waals surface area contributed by atoms with Gasteiger partial charge in [-0.2, -0.15) is 0 Å². The van der Waals surface area contributed by atoms with Gasteiger partial charge < -0.3 is 19.6 Å². The Kier molecular flexibility index (Phi) is 27.6. The number of unbranched alkanes of at least 4 members (excludes halogenated alkanes) is 3. The smallest absolute Gasteiger partial charge is 0.330 e. The fourth-order valence-corrected chi connectivity index (χ4v) is 6.62. The van der Waals surface area contributed by atoms with Crippen LogP contribution in [0.4, 0.5) is 0 Å². The van der Waals surface area contributed by atoms with Crippen LogP contribution in [-0.4, -0.2) is 25.4 Å². The third kappa shape index (κ3) is 19.8. The molecule has 57 heavy (non-hydrogen) atoms. The fraction of sp³-hybridized carbons (Fsp3) is 0.373. The molecule has 0 aromatic heterocycles. The van der Waals surface area contributed by atoms with Crippen LogP contribution in [0.25, 0.3) is 16.9 Å². The molecule has 0 amide bonds. The van der Waals surface area contributed by atoms with Crippen molar-refractivity contribution in [3.63, 3.8) is 0 Å². The zero-order valence-electron chi connectivity index (χ0n) is 36.0. The predicted octanol–water partition coefficient (Wildman–Crippen LogP) is 15.1. The summed E-state index contributed by atoms with van der Waals surface area (Å²) in [6.45, 7) is 27.2. The highest BCUT2D eigenvalue weighted by Gasteiger charge is 2.10. The van der Waals surface area contributed by atoms with Crippen molar-refractivity contribution in [2.75, 3.05) is 13.2 Å². The summed E-state index contributed by atoms with van der Waals surface area (Å²) >= 11 is 1.84. The van der Waals surface area contributed by atoms with Crippen LogP contribution < -0.4 is 9.47 Å².